The molecule has 1 aliphatic rings. The Morgan fingerprint density at radius 2 is 1.85 bits per heavy atom. The van der Waals surface area contributed by atoms with Gasteiger partial charge in [0.05, 0.1) is 0 Å². The van der Waals surface area contributed by atoms with E-state index in [-0.39, 0.29) is 0 Å². The van der Waals surface area contributed by atoms with Crippen molar-refractivity contribution in [3.05, 3.63) is 46.5 Å². The van der Waals surface area contributed by atoms with Gasteiger partial charge in [-0.15, -0.1) is 0 Å². The van der Waals surface area contributed by atoms with E-state index in [1.807, 2.05) is 0 Å². The Kier molecular flexibility index (Phi) is 8.48. The van der Waals surface area contributed by atoms with Gasteiger partial charge in [-0.1, -0.05) is 57.3 Å². The van der Waals surface area contributed by atoms with Crippen LogP contribution in [0.1, 0.15) is 61.8 Å². The van der Waals surface area contributed by atoms with Crippen LogP contribution < -0.4 is 0 Å². The predicted molar refractivity (Wildman–Crippen MR) is 119 cm³/mol. The zero-order chi connectivity index (χ0) is 19.1. The van der Waals surface area contributed by atoms with Crippen molar-refractivity contribution in [1.29, 1.82) is 0 Å². The predicted octanol–water partition coefficient (Wildman–Crippen LogP) is 5.14. The molecule has 0 spiro atoms. The molecule has 1 atom stereocenters. The lowest BCUT2D eigenvalue weighted by molar-refractivity contribution is 0.0891. The molecule has 0 N–H and O–H groups in total. The second kappa shape index (κ2) is 10.4. The van der Waals surface area contributed by atoms with E-state index in [0.29, 0.717) is 5.92 Å². The number of hydrogen-bond donors (Lipinski definition) is 0. The van der Waals surface area contributed by atoms with Gasteiger partial charge in [-0.25, -0.2) is 0 Å². The van der Waals surface area contributed by atoms with Crippen LogP contribution in [0.2, 0.25) is 6.32 Å². The molecule has 1 aromatic carbocycles. The largest absolute Gasteiger partial charge is 0.302 e. The van der Waals surface area contributed by atoms with Crippen LogP contribution in [0.25, 0.3) is 0 Å². The van der Waals surface area contributed by atoms with Crippen LogP contribution in [0, 0.1) is 25.7 Å². The number of benzene rings is 1. The third kappa shape index (κ3) is 5.74. The Bertz CT molecular complexity index is 586. The van der Waals surface area contributed by atoms with Crippen LogP contribution in [0.3, 0.4) is 0 Å². The standard InChI is InChI=1S/C24H40BN/c1-6-7-8-9-18(2)19(3)15-26-16-22(17-26)14-24-11-10-23(12-13-25)20(4)21(24)5/h10-11,19,22H,2,6-9,12-17,25H2,1,3-5H3. The second-order valence-electron chi connectivity index (χ2n) is 8.69. The van der Waals surface area contributed by atoms with E-state index in [0.717, 1.165) is 5.92 Å². The minimum Gasteiger partial charge on any atom is -0.302 e. The van der Waals surface area contributed by atoms with Gasteiger partial charge in [0.25, 0.3) is 0 Å². The van der Waals surface area contributed by atoms with Gasteiger partial charge in [-0.3, -0.25) is 0 Å². The Morgan fingerprint density at radius 1 is 1.19 bits per heavy atom. The smallest absolute Gasteiger partial charge is 0.101 e. The maximum Gasteiger partial charge on any atom is 0.101 e. The lowest BCUT2D eigenvalue weighted by Crippen LogP contribution is -2.49. The van der Waals surface area contributed by atoms with Gasteiger partial charge in [0, 0.05) is 19.6 Å². The molecule has 0 aliphatic carbocycles. The summed E-state index contributed by atoms with van der Waals surface area (Å²) in [4.78, 5) is 2.63. The van der Waals surface area contributed by atoms with Crippen molar-refractivity contribution in [3.63, 3.8) is 0 Å². The lowest BCUT2D eigenvalue weighted by atomic mass is 9.85. The monoisotopic (exact) mass is 353 g/mol. The van der Waals surface area contributed by atoms with E-state index in [4.69, 9.17) is 0 Å². The molecule has 0 bridgehead atoms. The van der Waals surface area contributed by atoms with E-state index in [2.05, 4.69) is 59.2 Å². The SMILES string of the molecule is BCCc1ccc(CC2CN(CC(C)C(=C)CCCCC)C2)c(C)c1C. The van der Waals surface area contributed by atoms with Crippen LogP contribution in [0.4, 0.5) is 0 Å². The summed E-state index contributed by atoms with van der Waals surface area (Å²) < 4.78 is 0. The number of unbranched alkanes of at least 4 members (excludes halogenated alkanes) is 2. The van der Waals surface area contributed by atoms with Gasteiger partial charge in [-0.05, 0) is 73.6 Å². The molecule has 1 heterocycles. The summed E-state index contributed by atoms with van der Waals surface area (Å²) in [5.74, 6) is 1.48. The van der Waals surface area contributed by atoms with E-state index in [1.54, 1.807) is 11.1 Å². The second-order valence-corrected chi connectivity index (χ2v) is 8.69. The number of likely N-dealkylation sites (tertiary alicyclic amines) is 1. The third-order valence-corrected chi connectivity index (χ3v) is 6.40. The molecule has 0 radical (unpaired) electrons. The maximum atomic E-state index is 4.34. The molecule has 1 nitrogen and oxygen atoms in total. The first-order valence-electron chi connectivity index (χ1n) is 10.9. The van der Waals surface area contributed by atoms with E-state index >= 15 is 0 Å². The van der Waals surface area contributed by atoms with Crippen molar-refractivity contribution >= 4 is 7.85 Å². The van der Waals surface area contributed by atoms with Crippen LogP contribution in [0.15, 0.2) is 24.3 Å². The van der Waals surface area contributed by atoms with Crippen molar-refractivity contribution in [2.24, 2.45) is 11.8 Å². The molecule has 144 valence electrons. The Balaban J connectivity index is 1.77. The average molecular weight is 353 g/mol. The quantitative estimate of drug-likeness (QED) is 0.302. The summed E-state index contributed by atoms with van der Waals surface area (Å²) in [5.41, 5.74) is 7.63. The fraction of sp³-hybridized carbons (Fsp3) is 0.667. The van der Waals surface area contributed by atoms with Gasteiger partial charge >= 0.3 is 0 Å². The molecule has 1 saturated heterocycles. The molecule has 0 saturated carbocycles. The van der Waals surface area contributed by atoms with Gasteiger partial charge < -0.3 is 4.90 Å². The summed E-state index contributed by atoms with van der Waals surface area (Å²) in [7, 11) is 2.27. The zero-order valence-electron chi connectivity index (χ0n) is 18.0. The number of rotatable bonds is 11. The van der Waals surface area contributed by atoms with E-state index in [9.17, 15) is 0 Å². The minimum atomic E-state index is 0.644. The maximum absolute atomic E-state index is 4.34. The highest BCUT2D eigenvalue weighted by molar-refractivity contribution is 6.08. The van der Waals surface area contributed by atoms with Crippen LogP contribution in [-0.2, 0) is 12.8 Å². The topological polar surface area (TPSA) is 3.24 Å². The highest BCUT2D eigenvalue weighted by Gasteiger charge is 2.28. The fourth-order valence-corrected chi connectivity index (χ4v) is 4.33. The van der Waals surface area contributed by atoms with Gasteiger partial charge in [0.15, 0.2) is 0 Å². The molecule has 0 amide bonds. The summed E-state index contributed by atoms with van der Waals surface area (Å²) in [6, 6.07) is 4.77. The Morgan fingerprint density at radius 3 is 2.50 bits per heavy atom. The number of nitrogens with zero attached hydrogens (tertiary/aromatic N) is 1. The molecule has 1 unspecified atom stereocenters. The first-order chi connectivity index (χ1) is 12.5. The van der Waals surface area contributed by atoms with Gasteiger partial charge in [-0.2, -0.15) is 0 Å². The van der Waals surface area contributed by atoms with Gasteiger partial charge in [0.1, 0.15) is 7.85 Å². The molecule has 2 rings (SSSR count). The first kappa shape index (κ1) is 21.3. The molecule has 26 heavy (non-hydrogen) atoms. The van der Waals surface area contributed by atoms with Crippen LogP contribution in [-0.4, -0.2) is 32.4 Å². The van der Waals surface area contributed by atoms with Crippen molar-refractivity contribution in [1.82, 2.24) is 4.90 Å². The summed E-state index contributed by atoms with van der Waals surface area (Å²) in [6.07, 6.45) is 8.87. The van der Waals surface area contributed by atoms with Crippen molar-refractivity contribution < 1.29 is 0 Å². The number of hydrogen-bond acceptors (Lipinski definition) is 1. The number of aryl methyl sites for hydroxylation is 1. The van der Waals surface area contributed by atoms with Crippen molar-refractivity contribution in [2.75, 3.05) is 19.6 Å². The molecule has 1 aromatic rings. The van der Waals surface area contributed by atoms with Gasteiger partial charge in [0.2, 0.25) is 0 Å². The molecular weight excluding hydrogens is 313 g/mol. The lowest BCUT2D eigenvalue weighted by Gasteiger charge is -2.41. The van der Waals surface area contributed by atoms with E-state index in [1.165, 1.54) is 81.2 Å². The summed E-state index contributed by atoms with van der Waals surface area (Å²) in [6.45, 7) is 17.3. The van der Waals surface area contributed by atoms with Crippen LogP contribution in [0.5, 0.6) is 0 Å². The van der Waals surface area contributed by atoms with Crippen LogP contribution >= 0.6 is 0 Å². The highest BCUT2D eigenvalue weighted by atomic mass is 15.2. The zero-order valence-corrected chi connectivity index (χ0v) is 18.0. The molecule has 1 fully saturated rings. The van der Waals surface area contributed by atoms with E-state index < -0.39 is 0 Å². The molecule has 2 heteroatoms. The Labute approximate surface area is 163 Å². The Hall–Kier alpha value is -1.02. The first-order valence-corrected chi connectivity index (χ1v) is 10.9. The van der Waals surface area contributed by atoms with Crippen molar-refractivity contribution in [2.45, 2.75) is 72.5 Å². The minimum absolute atomic E-state index is 0.644. The fourth-order valence-electron chi connectivity index (χ4n) is 4.33. The molecular formula is C24H40BN. The summed E-state index contributed by atoms with van der Waals surface area (Å²) in [5, 5.41) is 0. The van der Waals surface area contributed by atoms with Crippen molar-refractivity contribution in [3.8, 4) is 0 Å². The summed E-state index contributed by atoms with van der Waals surface area (Å²) >= 11 is 0. The molecule has 0 aromatic heterocycles. The normalized spacial score (nSPS) is 16.5. The third-order valence-electron chi connectivity index (χ3n) is 6.40. The highest BCUT2D eigenvalue weighted by Crippen LogP contribution is 2.27. The molecule has 1 aliphatic heterocycles. The average Bonchev–Trinajstić information content (AvgIpc) is 2.59.